The first-order valence-corrected chi connectivity index (χ1v) is 12.1. The van der Waals surface area contributed by atoms with Crippen molar-refractivity contribution in [1.82, 2.24) is 20.0 Å². The number of amides is 1. The molecule has 35 heavy (non-hydrogen) atoms. The van der Waals surface area contributed by atoms with E-state index in [1.54, 1.807) is 25.4 Å². The van der Waals surface area contributed by atoms with E-state index in [2.05, 4.69) is 60.4 Å². The van der Waals surface area contributed by atoms with Crippen LogP contribution >= 0.6 is 0 Å². The lowest BCUT2D eigenvalue weighted by atomic mass is 9.86. The van der Waals surface area contributed by atoms with Crippen molar-refractivity contribution < 1.29 is 9.53 Å². The molecule has 3 aromatic rings. The van der Waals surface area contributed by atoms with Crippen molar-refractivity contribution in [2.24, 2.45) is 0 Å². The van der Waals surface area contributed by atoms with Crippen molar-refractivity contribution in [3.05, 3.63) is 87.8 Å². The summed E-state index contributed by atoms with van der Waals surface area (Å²) in [6.45, 7) is 9.00. The van der Waals surface area contributed by atoms with E-state index in [1.807, 2.05) is 12.1 Å². The number of carbonyl (C=O) groups is 1. The van der Waals surface area contributed by atoms with Gasteiger partial charge in [0.15, 0.2) is 5.69 Å². The van der Waals surface area contributed by atoms with Gasteiger partial charge >= 0.3 is 0 Å². The third kappa shape index (κ3) is 5.80. The number of rotatable bonds is 7. The average Bonchev–Trinajstić information content (AvgIpc) is 3.39. The molecule has 1 amide bonds. The lowest BCUT2D eigenvalue weighted by Gasteiger charge is -2.29. The van der Waals surface area contributed by atoms with E-state index in [0.717, 1.165) is 42.9 Å². The number of hydrogen-bond acceptors (Lipinski definition) is 5. The molecule has 1 aliphatic rings. The highest BCUT2D eigenvalue weighted by atomic mass is 16.5. The van der Waals surface area contributed by atoms with Gasteiger partial charge in [-0.25, -0.2) is 4.68 Å². The Kier molecular flexibility index (Phi) is 7.36. The van der Waals surface area contributed by atoms with Gasteiger partial charge in [0.1, 0.15) is 5.75 Å². The number of carbonyl (C=O) groups excluding carboxylic acids is 1. The molecule has 7 heteroatoms. The average molecular weight is 475 g/mol. The minimum atomic E-state index is -0.464. The first kappa shape index (κ1) is 24.7. The number of benzene rings is 2. The maximum Gasteiger partial charge on any atom is 0.275 e. The molecule has 0 radical (unpaired) electrons. The molecule has 4 rings (SSSR count). The summed E-state index contributed by atoms with van der Waals surface area (Å²) in [5.74, 6) is 0.254. The van der Waals surface area contributed by atoms with Crippen LogP contribution in [-0.4, -0.2) is 47.3 Å². The fraction of sp³-hybridized carbons (Fsp3) is 0.393. The summed E-state index contributed by atoms with van der Waals surface area (Å²) >= 11 is 0. The molecule has 1 aromatic heterocycles. The van der Waals surface area contributed by atoms with E-state index in [1.165, 1.54) is 16.3 Å². The largest absolute Gasteiger partial charge is 0.497 e. The Morgan fingerprint density at radius 1 is 1.03 bits per heavy atom. The van der Waals surface area contributed by atoms with Crippen LogP contribution in [0.1, 0.15) is 61.3 Å². The van der Waals surface area contributed by atoms with Gasteiger partial charge in [-0.2, -0.15) is 5.10 Å². The second kappa shape index (κ2) is 10.4. The van der Waals surface area contributed by atoms with Gasteiger partial charge in [-0.15, -0.1) is 0 Å². The molecule has 1 N–H and O–H groups in total. The Bertz CT molecular complexity index is 1200. The van der Waals surface area contributed by atoms with Crippen molar-refractivity contribution in [1.29, 1.82) is 0 Å². The molecule has 1 aliphatic heterocycles. The summed E-state index contributed by atoms with van der Waals surface area (Å²) in [6.07, 6.45) is 3.86. The van der Waals surface area contributed by atoms with E-state index in [-0.39, 0.29) is 17.2 Å². The van der Waals surface area contributed by atoms with Gasteiger partial charge < -0.3 is 10.1 Å². The summed E-state index contributed by atoms with van der Waals surface area (Å²) in [7, 11) is 1.60. The molecule has 2 aromatic carbocycles. The number of nitrogens with one attached hydrogen (secondary N) is 1. The standard InChI is InChI=1S/C28H34N4O3/c1-28(2,3)21-9-7-20(8-10-21)24(31-16-5-6-17-31)19-29-27(34)26-25(33)15-18-32(30-26)22-11-13-23(35-4)14-12-22/h7-15,18,24H,5-6,16-17,19H2,1-4H3,(H,29,34)/t24-/m1/s1. The minimum Gasteiger partial charge on any atom is -0.497 e. The van der Waals surface area contributed by atoms with Crippen molar-refractivity contribution in [3.8, 4) is 11.4 Å². The highest BCUT2D eigenvalue weighted by molar-refractivity contribution is 5.92. The van der Waals surface area contributed by atoms with Crippen molar-refractivity contribution in [2.45, 2.75) is 45.1 Å². The third-order valence-electron chi connectivity index (χ3n) is 6.56. The molecule has 1 saturated heterocycles. The minimum absolute atomic E-state index is 0.0444. The third-order valence-corrected chi connectivity index (χ3v) is 6.56. The van der Waals surface area contributed by atoms with Crippen molar-refractivity contribution >= 4 is 5.91 Å². The Morgan fingerprint density at radius 3 is 2.29 bits per heavy atom. The fourth-order valence-electron chi connectivity index (χ4n) is 4.43. The van der Waals surface area contributed by atoms with Crippen LogP contribution in [0.15, 0.2) is 65.6 Å². The van der Waals surface area contributed by atoms with Crippen LogP contribution in [0.3, 0.4) is 0 Å². The zero-order valence-electron chi connectivity index (χ0n) is 21.0. The summed E-state index contributed by atoms with van der Waals surface area (Å²) in [5, 5.41) is 7.30. The smallest absolute Gasteiger partial charge is 0.275 e. The molecular weight excluding hydrogens is 440 g/mol. The zero-order chi connectivity index (χ0) is 25.0. The molecule has 1 atom stereocenters. The second-order valence-electron chi connectivity index (χ2n) is 10.0. The maximum atomic E-state index is 13.1. The van der Waals surface area contributed by atoms with Crippen molar-refractivity contribution in [3.63, 3.8) is 0 Å². The predicted octanol–water partition coefficient (Wildman–Crippen LogP) is 4.11. The Morgan fingerprint density at radius 2 is 1.69 bits per heavy atom. The van der Waals surface area contributed by atoms with Crippen LogP contribution in [0.25, 0.3) is 5.69 Å². The monoisotopic (exact) mass is 474 g/mol. The highest BCUT2D eigenvalue weighted by Gasteiger charge is 2.25. The van der Waals surface area contributed by atoms with Crippen LogP contribution in [0.2, 0.25) is 0 Å². The molecule has 0 saturated carbocycles. The number of aromatic nitrogens is 2. The number of hydrogen-bond donors (Lipinski definition) is 1. The predicted molar refractivity (Wildman–Crippen MR) is 137 cm³/mol. The molecule has 0 unspecified atom stereocenters. The molecule has 1 fully saturated rings. The van der Waals surface area contributed by atoms with Gasteiger partial charge in [0.2, 0.25) is 5.43 Å². The lowest BCUT2D eigenvalue weighted by Crippen LogP contribution is -2.39. The lowest BCUT2D eigenvalue weighted by molar-refractivity contribution is 0.0930. The van der Waals surface area contributed by atoms with E-state index >= 15 is 0 Å². The summed E-state index contributed by atoms with van der Waals surface area (Å²) in [6, 6.07) is 17.3. The Hall–Kier alpha value is -3.45. The number of ether oxygens (including phenoxy) is 1. The molecule has 0 bridgehead atoms. The van der Waals surface area contributed by atoms with Gasteiger partial charge in [-0.1, -0.05) is 45.0 Å². The molecule has 0 spiro atoms. The summed E-state index contributed by atoms with van der Waals surface area (Å²) in [5.41, 5.74) is 2.73. The van der Waals surface area contributed by atoms with E-state index in [4.69, 9.17) is 4.74 Å². The highest BCUT2D eigenvalue weighted by Crippen LogP contribution is 2.28. The van der Waals surface area contributed by atoms with Gasteiger partial charge in [0.25, 0.3) is 5.91 Å². The molecular formula is C28H34N4O3. The SMILES string of the molecule is COc1ccc(-n2ccc(=O)c(C(=O)NC[C@H](c3ccc(C(C)(C)C)cc3)N3CCCC3)n2)cc1. The molecule has 7 nitrogen and oxygen atoms in total. The Labute approximate surface area is 206 Å². The number of methoxy groups -OCH3 is 1. The first-order valence-electron chi connectivity index (χ1n) is 12.1. The van der Waals surface area contributed by atoms with Crippen LogP contribution in [0.4, 0.5) is 0 Å². The summed E-state index contributed by atoms with van der Waals surface area (Å²) < 4.78 is 6.72. The van der Waals surface area contributed by atoms with Crippen LogP contribution in [0.5, 0.6) is 5.75 Å². The normalized spacial score (nSPS) is 15.1. The molecule has 0 aliphatic carbocycles. The molecule has 184 valence electrons. The topological polar surface area (TPSA) is 76.5 Å². The van der Waals surface area contributed by atoms with Crippen LogP contribution < -0.4 is 15.5 Å². The van der Waals surface area contributed by atoms with Gasteiger partial charge in [-0.3, -0.25) is 14.5 Å². The Balaban J connectivity index is 1.53. The molecule has 2 heterocycles. The fourth-order valence-corrected chi connectivity index (χ4v) is 4.43. The second-order valence-corrected chi connectivity index (χ2v) is 10.0. The van der Waals surface area contributed by atoms with E-state index in [9.17, 15) is 9.59 Å². The van der Waals surface area contributed by atoms with Gasteiger partial charge in [0, 0.05) is 18.8 Å². The number of likely N-dealkylation sites (tertiary alicyclic amines) is 1. The van der Waals surface area contributed by atoms with E-state index in [0.29, 0.717) is 6.54 Å². The first-order chi connectivity index (χ1) is 16.8. The zero-order valence-corrected chi connectivity index (χ0v) is 21.0. The summed E-state index contributed by atoms with van der Waals surface area (Å²) in [4.78, 5) is 27.9. The van der Waals surface area contributed by atoms with Crippen molar-refractivity contribution in [2.75, 3.05) is 26.7 Å². The van der Waals surface area contributed by atoms with Gasteiger partial charge in [-0.05, 0) is 66.7 Å². The quantitative estimate of drug-likeness (QED) is 0.558. The number of nitrogens with zero attached hydrogens (tertiary/aromatic N) is 3. The van der Waals surface area contributed by atoms with Crippen LogP contribution in [-0.2, 0) is 5.41 Å². The van der Waals surface area contributed by atoms with Gasteiger partial charge in [0.05, 0.1) is 18.8 Å². The van der Waals surface area contributed by atoms with E-state index < -0.39 is 11.3 Å². The van der Waals surface area contributed by atoms with Crippen LogP contribution in [0, 0.1) is 0 Å². The maximum absolute atomic E-state index is 13.1.